The number of aromatic nitrogens is 2. The molecule has 0 fully saturated rings. The van der Waals surface area contributed by atoms with Gasteiger partial charge in [-0.1, -0.05) is 18.2 Å². The minimum Gasteiger partial charge on any atom is -0.324 e. The summed E-state index contributed by atoms with van der Waals surface area (Å²) in [6.45, 7) is 3.93. The molecule has 1 aromatic carbocycles. The van der Waals surface area contributed by atoms with Crippen LogP contribution in [0, 0.1) is 13.8 Å². The van der Waals surface area contributed by atoms with E-state index < -0.39 is 0 Å². The molecule has 0 aliphatic carbocycles. The van der Waals surface area contributed by atoms with E-state index >= 15 is 0 Å². The largest absolute Gasteiger partial charge is 0.324 e. The van der Waals surface area contributed by atoms with Crippen molar-refractivity contribution in [2.24, 2.45) is 0 Å². The third-order valence-corrected chi connectivity index (χ3v) is 2.01. The van der Waals surface area contributed by atoms with Crippen molar-refractivity contribution in [3.63, 3.8) is 0 Å². The Morgan fingerprint density at radius 1 is 0.938 bits per heavy atom. The molecule has 2 rings (SSSR count). The predicted octanol–water partition coefficient (Wildman–Crippen LogP) is 3.26. The number of hydrogen-bond acceptors (Lipinski definition) is 3. The lowest BCUT2D eigenvalue weighted by atomic mass is 10.3. The van der Waals surface area contributed by atoms with Gasteiger partial charge in [0.2, 0.25) is 5.95 Å². The molecule has 0 saturated carbocycles. The molecule has 1 aromatic heterocycles. The number of nitrogens with one attached hydrogen (secondary N) is 1. The van der Waals surface area contributed by atoms with E-state index in [0.29, 0.717) is 5.95 Å². The Labute approximate surface area is 101 Å². The third-order valence-electron chi connectivity index (χ3n) is 2.01. The summed E-state index contributed by atoms with van der Waals surface area (Å²) >= 11 is 0. The highest BCUT2D eigenvalue weighted by atomic mass is 35.5. The van der Waals surface area contributed by atoms with Crippen LogP contribution in [0.3, 0.4) is 0 Å². The van der Waals surface area contributed by atoms with Crippen LogP contribution in [-0.2, 0) is 0 Å². The number of rotatable bonds is 2. The zero-order valence-corrected chi connectivity index (χ0v) is 10.1. The zero-order valence-electron chi connectivity index (χ0n) is 9.27. The van der Waals surface area contributed by atoms with E-state index in [1.165, 1.54) is 0 Å². The molecule has 0 radical (unpaired) electrons. The summed E-state index contributed by atoms with van der Waals surface area (Å²) in [6, 6.07) is 11.9. The van der Waals surface area contributed by atoms with E-state index in [0.717, 1.165) is 17.1 Å². The van der Waals surface area contributed by atoms with Gasteiger partial charge >= 0.3 is 0 Å². The Morgan fingerprint density at radius 3 is 2.06 bits per heavy atom. The summed E-state index contributed by atoms with van der Waals surface area (Å²) in [7, 11) is 0. The van der Waals surface area contributed by atoms with Crippen molar-refractivity contribution < 1.29 is 0 Å². The van der Waals surface area contributed by atoms with Crippen LogP contribution in [0.1, 0.15) is 11.4 Å². The fraction of sp³-hybridized carbons (Fsp3) is 0.167. The SMILES string of the molecule is Cc1cc(C)nc(Nc2ccccc2)n1.Cl. The Balaban J connectivity index is 0.00000128. The highest BCUT2D eigenvalue weighted by molar-refractivity contribution is 5.85. The number of benzene rings is 1. The van der Waals surface area contributed by atoms with Gasteiger partial charge in [0.25, 0.3) is 0 Å². The first kappa shape index (κ1) is 12.5. The number of anilines is 2. The third kappa shape index (κ3) is 3.21. The van der Waals surface area contributed by atoms with Crippen molar-refractivity contribution in [3.05, 3.63) is 47.8 Å². The number of aryl methyl sites for hydroxylation is 2. The van der Waals surface area contributed by atoms with E-state index in [2.05, 4.69) is 15.3 Å². The molecule has 84 valence electrons. The molecular weight excluding hydrogens is 222 g/mol. The monoisotopic (exact) mass is 235 g/mol. The summed E-state index contributed by atoms with van der Waals surface area (Å²) in [5, 5.41) is 3.16. The zero-order chi connectivity index (χ0) is 10.7. The molecule has 0 amide bonds. The van der Waals surface area contributed by atoms with Gasteiger partial charge in [0.05, 0.1) is 0 Å². The molecule has 0 aliphatic heterocycles. The van der Waals surface area contributed by atoms with Crippen LogP contribution in [-0.4, -0.2) is 9.97 Å². The molecule has 4 heteroatoms. The highest BCUT2D eigenvalue weighted by Gasteiger charge is 1.98. The highest BCUT2D eigenvalue weighted by Crippen LogP contribution is 2.12. The molecule has 2 aromatic rings. The number of halogens is 1. The van der Waals surface area contributed by atoms with Gasteiger partial charge in [-0.25, -0.2) is 9.97 Å². The van der Waals surface area contributed by atoms with Crippen LogP contribution in [0.15, 0.2) is 36.4 Å². The van der Waals surface area contributed by atoms with Crippen LogP contribution in [0.25, 0.3) is 0 Å². The van der Waals surface area contributed by atoms with Crippen LogP contribution < -0.4 is 5.32 Å². The Morgan fingerprint density at radius 2 is 1.50 bits per heavy atom. The van der Waals surface area contributed by atoms with Crippen LogP contribution in [0.4, 0.5) is 11.6 Å². The van der Waals surface area contributed by atoms with E-state index in [1.54, 1.807) is 0 Å². The van der Waals surface area contributed by atoms with Gasteiger partial charge in [0, 0.05) is 17.1 Å². The number of para-hydroxylation sites is 1. The van der Waals surface area contributed by atoms with E-state index in [1.807, 2.05) is 50.2 Å². The quantitative estimate of drug-likeness (QED) is 0.868. The minimum atomic E-state index is 0. The topological polar surface area (TPSA) is 37.8 Å². The molecule has 0 aliphatic rings. The van der Waals surface area contributed by atoms with Crippen molar-refractivity contribution >= 4 is 24.0 Å². The second-order valence-corrected chi connectivity index (χ2v) is 3.47. The molecule has 0 bridgehead atoms. The van der Waals surface area contributed by atoms with Crippen molar-refractivity contribution in [1.29, 1.82) is 0 Å². The van der Waals surface area contributed by atoms with Crippen molar-refractivity contribution in [2.75, 3.05) is 5.32 Å². The number of hydrogen-bond donors (Lipinski definition) is 1. The average molecular weight is 236 g/mol. The molecular formula is C12H14ClN3. The molecule has 0 saturated heterocycles. The van der Waals surface area contributed by atoms with Crippen molar-refractivity contribution in [2.45, 2.75) is 13.8 Å². The summed E-state index contributed by atoms with van der Waals surface area (Å²) < 4.78 is 0. The fourth-order valence-electron chi connectivity index (χ4n) is 1.43. The Bertz CT molecular complexity index is 437. The molecule has 0 unspecified atom stereocenters. The number of nitrogens with zero attached hydrogens (tertiary/aromatic N) is 2. The standard InChI is InChI=1S/C12H13N3.ClH/c1-9-8-10(2)14-12(13-9)15-11-6-4-3-5-7-11;/h3-8H,1-2H3,(H,13,14,15);1H. The average Bonchev–Trinajstić information content (AvgIpc) is 2.17. The molecule has 1 N–H and O–H groups in total. The van der Waals surface area contributed by atoms with Gasteiger partial charge in [0.15, 0.2) is 0 Å². The first-order valence-corrected chi connectivity index (χ1v) is 4.88. The minimum absolute atomic E-state index is 0. The predicted molar refractivity (Wildman–Crippen MR) is 68.5 cm³/mol. The Kier molecular flexibility index (Phi) is 4.26. The van der Waals surface area contributed by atoms with Crippen LogP contribution >= 0.6 is 12.4 Å². The first-order chi connectivity index (χ1) is 7.24. The second-order valence-electron chi connectivity index (χ2n) is 3.47. The van der Waals surface area contributed by atoms with Crippen LogP contribution in [0.5, 0.6) is 0 Å². The van der Waals surface area contributed by atoms with Gasteiger partial charge in [-0.15, -0.1) is 12.4 Å². The van der Waals surface area contributed by atoms with Gasteiger partial charge in [0.1, 0.15) is 0 Å². The maximum absolute atomic E-state index is 4.31. The lowest BCUT2D eigenvalue weighted by Crippen LogP contribution is -1.99. The van der Waals surface area contributed by atoms with Gasteiger partial charge in [-0.05, 0) is 32.0 Å². The smallest absolute Gasteiger partial charge is 0.227 e. The molecule has 0 atom stereocenters. The van der Waals surface area contributed by atoms with E-state index in [-0.39, 0.29) is 12.4 Å². The van der Waals surface area contributed by atoms with Crippen LogP contribution in [0.2, 0.25) is 0 Å². The van der Waals surface area contributed by atoms with Crippen molar-refractivity contribution in [3.8, 4) is 0 Å². The second kappa shape index (κ2) is 5.47. The van der Waals surface area contributed by atoms with Crippen molar-refractivity contribution in [1.82, 2.24) is 9.97 Å². The van der Waals surface area contributed by atoms with Gasteiger partial charge in [-0.3, -0.25) is 0 Å². The molecule has 16 heavy (non-hydrogen) atoms. The van der Waals surface area contributed by atoms with Gasteiger partial charge in [-0.2, -0.15) is 0 Å². The summed E-state index contributed by atoms with van der Waals surface area (Å²) in [5.41, 5.74) is 2.95. The lowest BCUT2D eigenvalue weighted by Gasteiger charge is -2.05. The lowest BCUT2D eigenvalue weighted by molar-refractivity contribution is 1.06. The van der Waals surface area contributed by atoms with Gasteiger partial charge < -0.3 is 5.32 Å². The molecule has 3 nitrogen and oxygen atoms in total. The summed E-state index contributed by atoms with van der Waals surface area (Å²) in [6.07, 6.45) is 0. The normalized spacial score (nSPS) is 9.38. The Hall–Kier alpha value is -1.61. The fourth-order valence-corrected chi connectivity index (χ4v) is 1.43. The maximum Gasteiger partial charge on any atom is 0.227 e. The molecule has 0 spiro atoms. The summed E-state index contributed by atoms with van der Waals surface area (Å²) in [4.78, 5) is 8.61. The van der Waals surface area contributed by atoms with E-state index in [9.17, 15) is 0 Å². The summed E-state index contributed by atoms with van der Waals surface area (Å²) in [5.74, 6) is 0.652. The maximum atomic E-state index is 4.31. The first-order valence-electron chi connectivity index (χ1n) is 4.88. The van der Waals surface area contributed by atoms with E-state index in [4.69, 9.17) is 0 Å². The molecule has 1 heterocycles.